The van der Waals surface area contributed by atoms with Crippen LogP contribution in [0.2, 0.25) is 0 Å². The molecule has 0 bridgehead atoms. The number of hydrogen-bond acceptors (Lipinski definition) is 5. The van der Waals surface area contributed by atoms with Gasteiger partial charge in [0, 0.05) is 13.6 Å². The van der Waals surface area contributed by atoms with Gasteiger partial charge in [0.25, 0.3) is 5.56 Å². The molecule has 7 nitrogen and oxygen atoms in total. The molecule has 0 atom stereocenters. The van der Waals surface area contributed by atoms with Gasteiger partial charge in [0.2, 0.25) is 0 Å². The molecule has 1 aromatic carbocycles. The monoisotopic (exact) mass is 332 g/mol. The Labute approximate surface area is 140 Å². The van der Waals surface area contributed by atoms with Crippen molar-refractivity contribution < 1.29 is 4.74 Å². The van der Waals surface area contributed by atoms with Crippen molar-refractivity contribution in [2.75, 3.05) is 30.8 Å². The predicted octanol–water partition coefficient (Wildman–Crippen LogP) is 1.43. The van der Waals surface area contributed by atoms with E-state index in [1.165, 1.54) is 4.57 Å². The molecule has 0 unspecified atom stereocenters. The lowest BCUT2D eigenvalue weighted by molar-refractivity contribution is 0.326. The maximum Gasteiger partial charge on any atom is 0.330 e. The summed E-state index contributed by atoms with van der Waals surface area (Å²) in [4.78, 5) is 28.1. The fraction of sp³-hybridized carbons (Fsp3) is 0.412. The fourth-order valence-electron chi connectivity index (χ4n) is 2.41. The maximum absolute atomic E-state index is 12.1. The van der Waals surface area contributed by atoms with Crippen molar-refractivity contribution in [1.82, 2.24) is 9.55 Å². The molecule has 2 aromatic rings. The molecular formula is C17H24N4O3. The highest BCUT2D eigenvalue weighted by Gasteiger charge is 2.15. The van der Waals surface area contributed by atoms with Crippen molar-refractivity contribution in [2.45, 2.75) is 26.3 Å². The molecule has 1 aromatic heterocycles. The molecule has 0 radical (unpaired) electrons. The number of likely N-dealkylation sites (N-methyl/N-ethyl adjacent to an activating group) is 1. The molecule has 0 fully saturated rings. The summed E-state index contributed by atoms with van der Waals surface area (Å²) in [6, 6.07) is 9.44. The second kappa shape index (κ2) is 8.24. The Morgan fingerprint density at radius 1 is 1.25 bits per heavy atom. The number of aromatic nitrogens is 2. The van der Waals surface area contributed by atoms with E-state index in [-0.39, 0.29) is 5.82 Å². The first-order valence-corrected chi connectivity index (χ1v) is 8.06. The first-order valence-electron chi connectivity index (χ1n) is 8.06. The zero-order valence-electron chi connectivity index (χ0n) is 14.1. The summed E-state index contributed by atoms with van der Waals surface area (Å²) in [5.74, 6) is 0.958. The third-order valence-corrected chi connectivity index (χ3v) is 3.77. The zero-order chi connectivity index (χ0) is 17.5. The van der Waals surface area contributed by atoms with Gasteiger partial charge in [-0.15, -0.1) is 0 Å². The molecule has 7 heteroatoms. The number of nitrogens with one attached hydrogen (secondary N) is 1. The van der Waals surface area contributed by atoms with Crippen LogP contribution in [0.15, 0.2) is 39.9 Å². The van der Waals surface area contributed by atoms with Crippen LogP contribution in [0.3, 0.4) is 0 Å². The highest BCUT2D eigenvalue weighted by molar-refractivity contribution is 5.61. The Bertz CT molecular complexity index is 768. The van der Waals surface area contributed by atoms with Crippen LogP contribution < -0.4 is 26.6 Å². The van der Waals surface area contributed by atoms with E-state index in [1.807, 2.05) is 37.3 Å². The number of anilines is 2. The summed E-state index contributed by atoms with van der Waals surface area (Å²) >= 11 is 0. The molecule has 1 heterocycles. The maximum atomic E-state index is 12.1. The largest absolute Gasteiger partial charge is 0.492 e. The van der Waals surface area contributed by atoms with Gasteiger partial charge in [0.1, 0.15) is 23.9 Å². The van der Waals surface area contributed by atoms with Gasteiger partial charge >= 0.3 is 5.69 Å². The van der Waals surface area contributed by atoms with Crippen LogP contribution in [0.1, 0.15) is 19.8 Å². The summed E-state index contributed by atoms with van der Waals surface area (Å²) in [5.41, 5.74) is 5.42. The van der Waals surface area contributed by atoms with Gasteiger partial charge in [-0.2, -0.15) is 0 Å². The van der Waals surface area contributed by atoms with E-state index in [0.717, 1.165) is 18.6 Å². The van der Waals surface area contributed by atoms with Crippen LogP contribution in [0.4, 0.5) is 11.5 Å². The Morgan fingerprint density at radius 3 is 2.62 bits per heavy atom. The van der Waals surface area contributed by atoms with Gasteiger partial charge < -0.3 is 15.4 Å². The quantitative estimate of drug-likeness (QED) is 0.763. The van der Waals surface area contributed by atoms with Crippen molar-refractivity contribution >= 4 is 11.5 Å². The zero-order valence-corrected chi connectivity index (χ0v) is 14.1. The minimum absolute atomic E-state index is 0.194. The number of rotatable bonds is 8. The summed E-state index contributed by atoms with van der Waals surface area (Å²) in [5, 5.41) is 0. The topological polar surface area (TPSA) is 93.3 Å². The number of aromatic amines is 1. The third-order valence-electron chi connectivity index (χ3n) is 3.77. The molecule has 0 spiro atoms. The number of nitrogen functional groups attached to an aromatic ring is 1. The van der Waals surface area contributed by atoms with Crippen LogP contribution in [0.5, 0.6) is 5.75 Å². The minimum atomic E-state index is -0.479. The van der Waals surface area contributed by atoms with Crippen LogP contribution >= 0.6 is 0 Å². The van der Waals surface area contributed by atoms with Crippen LogP contribution in [-0.2, 0) is 6.54 Å². The van der Waals surface area contributed by atoms with E-state index in [9.17, 15) is 9.59 Å². The van der Waals surface area contributed by atoms with Crippen molar-refractivity contribution in [3.8, 4) is 5.75 Å². The Kier molecular flexibility index (Phi) is 6.06. The van der Waals surface area contributed by atoms with E-state index < -0.39 is 11.2 Å². The second-order valence-corrected chi connectivity index (χ2v) is 5.58. The van der Waals surface area contributed by atoms with Gasteiger partial charge in [-0.1, -0.05) is 31.5 Å². The normalized spacial score (nSPS) is 10.6. The van der Waals surface area contributed by atoms with Gasteiger partial charge in [0.15, 0.2) is 0 Å². The molecule has 0 amide bonds. The molecule has 0 aliphatic carbocycles. The van der Waals surface area contributed by atoms with E-state index in [0.29, 0.717) is 25.4 Å². The molecule has 3 N–H and O–H groups in total. The van der Waals surface area contributed by atoms with Gasteiger partial charge in [-0.3, -0.25) is 14.3 Å². The number of para-hydroxylation sites is 1. The predicted molar refractivity (Wildman–Crippen MR) is 95.9 cm³/mol. The standard InChI is InChI=1S/C17H24N4O3/c1-3-4-10-21-15(18)14(16(22)19-17(21)23)20(2)11-12-24-13-8-6-5-7-9-13/h5-9H,3-4,10-12,18H2,1-2H3,(H,19,22,23). The number of hydrogen-bond donors (Lipinski definition) is 2. The Morgan fingerprint density at radius 2 is 1.96 bits per heavy atom. The van der Waals surface area contributed by atoms with Crippen molar-refractivity contribution in [3.63, 3.8) is 0 Å². The van der Waals surface area contributed by atoms with Crippen molar-refractivity contribution in [2.24, 2.45) is 0 Å². The Balaban J connectivity index is 2.12. The lowest BCUT2D eigenvalue weighted by Gasteiger charge is -2.21. The first kappa shape index (κ1) is 17.7. The number of benzene rings is 1. The third kappa shape index (κ3) is 4.18. The molecular weight excluding hydrogens is 308 g/mol. The summed E-state index contributed by atoms with van der Waals surface area (Å²) in [6.45, 7) is 3.38. The number of nitrogens with zero attached hydrogens (tertiary/aromatic N) is 2. The molecule has 0 aliphatic rings. The average Bonchev–Trinajstić information content (AvgIpc) is 2.55. The molecule has 24 heavy (non-hydrogen) atoms. The van der Waals surface area contributed by atoms with E-state index in [4.69, 9.17) is 10.5 Å². The van der Waals surface area contributed by atoms with Crippen molar-refractivity contribution in [1.29, 1.82) is 0 Å². The SMILES string of the molecule is CCCCn1c(N)c(N(C)CCOc2ccccc2)c(=O)[nH]c1=O. The number of unbranched alkanes of at least 4 members (excludes halogenated alkanes) is 1. The lowest BCUT2D eigenvalue weighted by atomic mass is 10.3. The van der Waals surface area contributed by atoms with E-state index in [2.05, 4.69) is 4.98 Å². The van der Waals surface area contributed by atoms with Crippen LogP contribution in [0, 0.1) is 0 Å². The fourth-order valence-corrected chi connectivity index (χ4v) is 2.41. The highest BCUT2D eigenvalue weighted by Crippen LogP contribution is 2.15. The van der Waals surface area contributed by atoms with Crippen LogP contribution in [0.25, 0.3) is 0 Å². The number of H-pyrrole nitrogens is 1. The first-order chi connectivity index (χ1) is 11.5. The lowest BCUT2D eigenvalue weighted by Crippen LogP contribution is -2.38. The average molecular weight is 332 g/mol. The molecule has 2 rings (SSSR count). The van der Waals surface area contributed by atoms with Crippen LogP contribution in [-0.4, -0.2) is 29.8 Å². The minimum Gasteiger partial charge on any atom is -0.492 e. The highest BCUT2D eigenvalue weighted by atomic mass is 16.5. The summed E-state index contributed by atoms with van der Waals surface area (Å²) in [7, 11) is 1.75. The van der Waals surface area contributed by atoms with Gasteiger partial charge in [-0.25, -0.2) is 4.79 Å². The van der Waals surface area contributed by atoms with Crippen molar-refractivity contribution in [3.05, 3.63) is 51.2 Å². The second-order valence-electron chi connectivity index (χ2n) is 5.58. The Hall–Kier alpha value is -2.70. The summed E-state index contributed by atoms with van der Waals surface area (Å²) in [6.07, 6.45) is 1.75. The summed E-state index contributed by atoms with van der Waals surface area (Å²) < 4.78 is 7.04. The number of nitrogens with two attached hydrogens (primary N) is 1. The smallest absolute Gasteiger partial charge is 0.330 e. The van der Waals surface area contributed by atoms with E-state index >= 15 is 0 Å². The molecule has 0 saturated heterocycles. The van der Waals surface area contributed by atoms with Gasteiger partial charge in [-0.05, 0) is 18.6 Å². The van der Waals surface area contributed by atoms with Gasteiger partial charge in [0.05, 0.1) is 6.54 Å². The van der Waals surface area contributed by atoms with E-state index in [1.54, 1.807) is 11.9 Å². The molecule has 130 valence electrons. The molecule has 0 saturated carbocycles. The molecule has 0 aliphatic heterocycles. The number of ether oxygens (including phenoxy) is 1.